The van der Waals surface area contributed by atoms with Gasteiger partial charge in [0.2, 0.25) is 0 Å². The summed E-state index contributed by atoms with van der Waals surface area (Å²) in [5, 5.41) is 11.4. The Balaban J connectivity index is 1.77. The SMILES string of the molecule is Cc1cc(/C(O)=C2/C(=O)C(=O)N(c3ccc(C(=O)OC(C)C)cc3)C2c2cccnc2)ccc1OCC(C)C. The molecule has 1 aliphatic rings. The molecule has 1 aliphatic heterocycles. The Morgan fingerprint density at radius 2 is 1.72 bits per heavy atom. The fourth-order valence-corrected chi connectivity index (χ4v) is 4.36. The summed E-state index contributed by atoms with van der Waals surface area (Å²) in [5.74, 6) is -1.36. The molecule has 4 rings (SSSR count). The van der Waals surface area contributed by atoms with Gasteiger partial charge in [0, 0.05) is 23.6 Å². The van der Waals surface area contributed by atoms with Gasteiger partial charge in [-0.3, -0.25) is 19.5 Å². The van der Waals surface area contributed by atoms with Crippen molar-refractivity contribution >= 4 is 29.1 Å². The molecule has 1 saturated heterocycles. The monoisotopic (exact) mass is 528 g/mol. The number of esters is 1. The van der Waals surface area contributed by atoms with Gasteiger partial charge in [0.15, 0.2) is 0 Å². The molecule has 1 N–H and O–H groups in total. The fraction of sp³-hybridized carbons (Fsp3) is 0.290. The van der Waals surface area contributed by atoms with Crippen molar-refractivity contribution in [3.8, 4) is 5.75 Å². The number of ketones is 1. The molecule has 0 spiro atoms. The van der Waals surface area contributed by atoms with Crippen LogP contribution in [0.2, 0.25) is 0 Å². The lowest BCUT2D eigenvalue weighted by molar-refractivity contribution is -0.132. The van der Waals surface area contributed by atoms with Gasteiger partial charge in [0.25, 0.3) is 11.7 Å². The van der Waals surface area contributed by atoms with Crippen LogP contribution < -0.4 is 9.64 Å². The molecule has 1 amide bonds. The number of pyridine rings is 1. The first kappa shape index (κ1) is 27.6. The number of aliphatic hydroxyl groups is 1. The minimum Gasteiger partial charge on any atom is -0.507 e. The van der Waals surface area contributed by atoms with Gasteiger partial charge in [-0.15, -0.1) is 0 Å². The second-order valence-electron chi connectivity index (χ2n) is 10.1. The van der Waals surface area contributed by atoms with Crippen LogP contribution in [0.15, 0.2) is 72.6 Å². The molecule has 0 saturated carbocycles. The number of ether oxygens (including phenoxy) is 2. The predicted octanol–water partition coefficient (Wildman–Crippen LogP) is 5.62. The number of aromatic nitrogens is 1. The van der Waals surface area contributed by atoms with Gasteiger partial charge < -0.3 is 14.6 Å². The highest BCUT2D eigenvalue weighted by atomic mass is 16.5. The first-order valence-electron chi connectivity index (χ1n) is 12.8. The van der Waals surface area contributed by atoms with Crippen molar-refractivity contribution in [1.82, 2.24) is 4.98 Å². The van der Waals surface area contributed by atoms with Crippen LogP contribution in [-0.2, 0) is 14.3 Å². The van der Waals surface area contributed by atoms with E-state index >= 15 is 0 Å². The lowest BCUT2D eigenvalue weighted by Crippen LogP contribution is -2.29. The van der Waals surface area contributed by atoms with E-state index < -0.39 is 23.7 Å². The highest BCUT2D eigenvalue weighted by Crippen LogP contribution is 2.42. The average molecular weight is 529 g/mol. The molecule has 1 atom stereocenters. The van der Waals surface area contributed by atoms with Crippen LogP contribution in [0, 0.1) is 12.8 Å². The smallest absolute Gasteiger partial charge is 0.338 e. The molecule has 1 unspecified atom stereocenters. The number of carbonyl (C=O) groups excluding carboxylic acids is 3. The molecular formula is C31H32N2O6. The minimum atomic E-state index is -0.927. The van der Waals surface area contributed by atoms with E-state index in [0.29, 0.717) is 40.7 Å². The number of carbonyl (C=O) groups is 3. The molecule has 2 heterocycles. The number of Topliss-reactive ketones (excluding diaryl/α,β-unsaturated/α-hetero) is 1. The Kier molecular flexibility index (Phi) is 8.14. The number of hydrogen-bond donors (Lipinski definition) is 1. The summed E-state index contributed by atoms with van der Waals surface area (Å²) in [6.07, 6.45) is 2.86. The van der Waals surface area contributed by atoms with Gasteiger partial charge in [-0.25, -0.2) is 4.79 Å². The number of aliphatic hydroxyl groups excluding tert-OH is 1. The lowest BCUT2D eigenvalue weighted by Gasteiger charge is -2.25. The van der Waals surface area contributed by atoms with Gasteiger partial charge in [0.1, 0.15) is 11.5 Å². The van der Waals surface area contributed by atoms with E-state index in [-0.39, 0.29) is 17.4 Å². The fourth-order valence-electron chi connectivity index (χ4n) is 4.36. The van der Waals surface area contributed by atoms with Crippen LogP contribution in [0.3, 0.4) is 0 Å². The average Bonchev–Trinajstić information content (AvgIpc) is 3.17. The first-order chi connectivity index (χ1) is 18.6. The van der Waals surface area contributed by atoms with Crippen molar-refractivity contribution in [3.05, 3.63) is 94.8 Å². The normalized spacial score (nSPS) is 16.7. The maximum atomic E-state index is 13.4. The molecule has 1 fully saturated rings. The highest BCUT2D eigenvalue weighted by molar-refractivity contribution is 6.51. The van der Waals surface area contributed by atoms with Crippen LogP contribution in [0.25, 0.3) is 5.76 Å². The number of nitrogens with zero attached hydrogens (tertiary/aromatic N) is 2. The van der Waals surface area contributed by atoms with Gasteiger partial charge in [0.05, 0.1) is 29.9 Å². The van der Waals surface area contributed by atoms with Crippen LogP contribution in [0.4, 0.5) is 5.69 Å². The summed E-state index contributed by atoms with van der Waals surface area (Å²) < 4.78 is 11.1. The zero-order valence-electron chi connectivity index (χ0n) is 22.7. The van der Waals surface area contributed by atoms with Crippen LogP contribution in [0.1, 0.15) is 60.8 Å². The Morgan fingerprint density at radius 3 is 2.31 bits per heavy atom. The molecule has 8 nitrogen and oxygen atoms in total. The van der Waals surface area contributed by atoms with E-state index in [2.05, 4.69) is 18.8 Å². The van der Waals surface area contributed by atoms with Crippen molar-refractivity contribution in [3.63, 3.8) is 0 Å². The van der Waals surface area contributed by atoms with Crippen molar-refractivity contribution in [2.75, 3.05) is 11.5 Å². The molecule has 3 aromatic rings. The summed E-state index contributed by atoms with van der Waals surface area (Å²) >= 11 is 0. The number of rotatable bonds is 8. The second-order valence-corrected chi connectivity index (χ2v) is 10.1. The van der Waals surface area contributed by atoms with Crippen molar-refractivity contribution in [1.29, 1.82) is 0 Å². The van der Waals surface area contributed by atoms with Crippen molar-refractivity contribution in [2.24, 2.45) is 5.92 Å². The third-order valence-corrected chi connectivity index (χ3v) is 6.19. The van der Waals surface area contributed by atoms with Gasteiger partial charge >= 0.3 is 5.97 Å². The first-order valence-corrected chi connectivity index (χ1v) is 12.8. The van der Waals surface area contributed by atoms with Gasteiger partial charge in [-0.05, 0) is 86.3 Å². The highest BCUT2D eigenvalue weighted by Gasteiger charge is 2.47. The molecule has 202 valence electrons. The van der Waals surface area contributed by atoms with E-state index in [1.165, 1.54) is 4.90 Å². The molecule has 0 aliphatic carbocycles. The molecule has 39 heavy (non-hydrogen) atoms. The third-order valence-electron chi connectivity index (χ3n) is 6.19. The Bertz CT molecular complexity index is 1410. The van der Waals surface area contributed by atoms with E-state index in [4.69, 9.17) is 9.47 Å². The van der Waals surface area contributed by atoms with Gasteiger partial charge in [-0.2, -0.15) is 0 Å². The van der Waals surface area contributed by atoms with Crippen LogP contribution in [-0.4, -0.2) is 40.5 Å². The van der Waals surface area contributed by atoms with E-state index in [9.17, 15) is 19.5 Å². The Morgan fingerprint density at radius 1 is 1.03 bits per heavy atom. The number of amides is 1. The predicted molar refractivity (Wildman–Crippen MR) is 148 cm³/mol. The van der Waals surface area contributed by atoms with Gasteiger partial charge in [-0.1, -0.05) is 19.9 Å². The summed E-state index contributed by atoms with van der Waals surface area (Å²) in [5.41, 5.74) is 2.39. The summed E-state index contributed by atoms with van der Waals surface area (Å²) in [7, 11) is 0. The second kappa shape index (κ2) is 11.5. The number of aryl methyl sites for hydroxylation is 1. The molecule has 0 bridgehead atoms. The standard InChI is InChI=1S/C31H32N2O6/c1-18(2)17-38-25-13-10-22(15-20(25)5)28(34)26-27(23-7-6-14-32-16-23)33(30(36)29(26)35)24-11-8-21(9-12-24)31(37)39-19(3)4/h6-16,18-19,27,34H,17H2,1-5H3/b28-26-. The summed E-state index contributed by atoms with van der Waals surface area (Å²) in [6, 6.07) is 13.9. The van der Waals surface area contributed by atoms with Crippen LogP contribution >= 0.6 is 0 Å². The van der Waals surface area contributed by atoms with Crippen molar-refractivity contribution < 1.29 is 29.0 Å². The zero-order valence-corrected chi connectivity index (χ0v) is 22.7. The quantitative estimate of drug-likeness (QED) is 0.175. The molecule has 2 aromatic carbocycles. The van der Waals surface area contributed by atoms with E-state index in [1.54, 1.807) is 80.8 Å². The molecule has 0 radical (unpaired) electrons. The third kappa shape index (κ3) is 5.85. The summed E-state index contributed by atoms with van der Waals surface area (Å²) in [6.45, 7) is 10.0. The topological polar surface area (TPSA) is 106 Å². The number of benzene rings is 2. The number of hydrogen-bond acceptors (Lipinski definition) is 7. The molecular weight excluding hydrogens is 496 g/mol. The maximum absolute atomic E-state index is 13.4. The largest absolute Gasteiger partial charge is 0.507 e. The lowest BCUT2D eigenvalue weighted by atomic mass is 9.95. The Hall–Kier alpha value is -4.46. The maximum Gasteiger partial charge on any atom is 0.338 e. The van der Waals surface area contributed by atoms with Crippen LogP contribution in [0.5, 0.6) is 5.75 Å². The van der Waals surface area contributed by atoms with Crippen molar-refractivity contribution in [2.45, 2.75) is 46.8 Å². The summed E-state index contributed by atoms with van der Waals surface area (Å²) in [4.78, 5) is 44.5. The molecule has 1 aromatic heterocycles. The molecule has 8 heteroatoms. The number of anilines is 1. The Labute approximate surface area is 227 Å². The van der Waals surface area contributed by atoms with E-state index in [1.807, 2.05) is 6.92 Å². The minimum absolute atomic E-state index is 0.0495. The van der Waals surface area contributed by atoms with E-state index in [0.717, 1.165) is 5.56 Å². The zero-order chi connectivity index (χ0) is 28.3.